The lowest BCUT2D eigenvalue weighted by Gasteiger charge is -2.29. The Labute approximate surface area is 127 Å². The first-order valence-electron chi connectivity index (χ1n) is 7.83. The average molecular weight is 280 g/mol. The Kier molecular flexibility index (Phi) is 4.37. The number of nitrogens with two attached hydrogens (primary N) is 1. The molecule has 0 fully saturated rings. The summed E-state index contributed by atoms with van der Waals surface area (Å²) in [5.41, 5.74) is 10.4. The van der Waals surface area contributed by atoms with Crippen molar-refractivity contribution in [1.29, 1.82) is 0 Å². The summed E-state index contributed by atoms with van der Waals surface area (Å²) in [6.07, 6.45) is 1.12. The molecule has 2 atom stereocenters. The SMILES string of the molecule is CC(CC(CN)N1Cc2ccccc2C1)c1ccccc1. The van der Waals surface area contributed by atoms with Crippen LogP contribution in [0.25, 0.3) is 0 Å². The second-order valence-electron chi connectivity index (χ2n) is 6.11. The summed E-state index contributed by atoms with van der Waals surface area (Å²) in [4.78, 5) is 2.53. The molecule has 1 heterocycles. The van der Waals surface area contributed by atoms with Crippen LogP contribution in [-0.4, -0.2) is 17.5 Å². The van der Waals surface area contributed by atoms with Crippen LogP contribution >= 0.6 is 0 Å². The molecule has 0 aromatic heterocycles. The summed E-state index contributed by atoms with van der Waals surface area (Å²) in [6, 6.07) is 19.9. The molecule has 2 N–H and O–H groups in total. The lowest BCUT2D eigenvalue weighted by molar-refractivity contribution is 0.186. The van der Waals surface area contributed by atoms with Gasteiger partial charge in [0.2, 0.25) is 0 Å². The van der Waals surface area contributed by atoms with E-state index in [-0.39, 0.29) is 0 Å². The molecule has 2 nitrogen and oxygen atoms in total. The highest BCUT2D eigenvalue weighted by Gasteiger charge is 2.26. The average Bonchev–Trinajstić information content (AvgIpc) is 2.97. The number of fused-ring (bicyclic) bond motifs is 1. The van der Waals surface area contributed by atoms with Crippen LogP contribution in [-0.2, 0) is 13.1 Å². The number of hydrogen-bond acceptors (Lipinski definition) is 2. The minimum atomic E-state index is 0.451. The van der Waals surface area contributed by atoms with E-state index in [1.165, 1.54) is 16.7 Å². The van der Waals surface area contributed by atoms with Crippen molar-refractivity contribution in [3.8, 4) is 0 Å². The highest BCUT2D eigenvalue weighted by atomic mass is 15.2. The van der Waals surface area contributed by atoms with Crippen LogP contribution in [0.15, 0.2) is 54.6 Å². The standard InChI is InChI=1S/C19H24N2/c1-15(16-7-3-2-4-8-16)11-19(12-20)21-13-17-9-5-6-10-18(17)14-21/h2-10,15,19H,11-14,20H2,1H3. The van der Waals surface area contributed by atoms with E-state index in [1.807, 2.05) is 0 Å². The second kappa shape index (κ2) is 6.42. The van der Waals surface area contributed by atoms with Gasteiger partial charge < -0.3 is 5.73 Å². The minimum Gasteiger partial charge on any atom is -0.329 e. The van der Waals surface area contributed by atoms with Crippen molar-refractivity contribution in [3.63, 3.8) is 0 Å². The Balaban J connectivity index is 1.67. The third kappa shape index (κ3) is 3.17. The molecule has 0 radical (unpaired) electrons. The first kappa shape index (κ1) is 14.3. The van der Waals surface area contributed by atoms with Gasteiger partial charge in [-0.15, -0.1) is 0 Å². The first-order valence-corrected chi connectivity index (χ1v) is 7.83. The number of rotatable bonds is 5. The van der Waals surface area contributed by atoms with Crippen LogP contribution in [0.2, 0.25) is 0 Å². The van der Waals surface area contributed by atoms with Gasteiger partial charge in [-0.1, -0.05) is 61.5 Å². The molecule has 21 heavy (non-hydrogen) atoms. The fourth-order valence-corrected chi connectivity index (χ4v) is 3.34. The molecule has 0 bridgehead atoms. The molecule has 0 saturated heterocycles. The number of benzene rings is 2. The molecular weight excluding hydrogens is 256 g/mol. The van der Waals surface area contributed by atoms with Crippen LogP contribution in [0.4, 0.5) is 0 Å². The molecule has 1 aliphatic rings. The topological polar surface area (TPSA) is 29.3 Å². The Morgan fingerprint density at radius 1 is 0.952 bits per heavy atom. The Bertz CT molecular complexity index is 554. The van der Waals surface area contributed by atoms with Crippen molar-refractivity contribution in [2.45, 2.75) is 38.4 Å². The van der Waals surface area contributed by atoms with Gasteiger partial charge in [-0.05, 0) is 29.0 Å². The van der Waals surface area contributed by atoms with Gasteiger partial charge in [-0.2, -0.15) is 0 Å². The summed E-state index contributed by atoms with van der Waals surface area (Å²) < 4.78 is 0. The zero-order valence-corrected chi connectivity index (χ0v) is 12.7. The fraction of sp³-hybridized carbons (Fsp3) is 0.368. The van der Waals surface area contributed by atoms with E-state index in [9.17, 15) is 0 Å². The van der Waals surface area contributed by atoms with E-state index in [4.69, 9.17) is 5.73 Å². The highest BCUT2D eigenvalue weighted by Crippen LogP contribution is 2.28. The molecule has 0 amide bonds. The van der Waals surface area contributed by atoms with Gasteiger partial charge in [0, 0.05) is 25.7 Å². The number of nitrogens with zero attached hydrogens (tertiary/aromatic N) is 1. The van der Waals surface area contributed by atoms with E-state index in [2.05, 4.69) is 66.4 Å². The summed E-state index contributed by atoms with van der Waals surface area (Å²) in [5.74, 6) is 0.545. The normalized spacial score (nSPS) is 17.4. The van der Waals surface area contributed by atoms with Crippen LogP contribution < -0.4 is 5.73 Å². The van der Waals surface area contributed by atoms with E-state index in [0.29, 0.717) is 12.0 Å². The lowest BCUT2D eigenvalue weighted by Crippen LogP contribution is -2.38. The zero-order chi connectivity index (χ0) is 14.7. The maximum absolute atomic E-state index is 6.07. The smallest absolute Gasteiger partial charge is 0.0244 e. The van der Waals surface area contributed by atoms with Crippen molar-refractivity contribution in [2.24, 2.45) is 5.73 Å². The molecule has 2 heteroatoms. The highest BCUT2D eigenvalue weighted by molar-refractivity contribution is 5.30. The summed E-state index contributed by atoms with van der Waals surface area (Å²) in [5, 5.41) is 0. The molecule has 1 aliphatic heterocycles. The Morgan fingerprint density at radius 3 is 2.10 bits per heavy atom. The van der Waals surface area contributed by atoms with Crippen LogP contribution in [0.3, 0.4) is 0 Å². The van der Waals surface area contributed by atoms with Gasteiger partial charge in [0.1, 0.15) is 0 Å². The van der Waals surface area contributed by atoms with Crippen LogP contribution in [0.1, 0.15) is 36.0 Å². The molecular formula is C19H24N2. The molecule has 2 aromatic carbocycles. The summed E-state index contributed by atoms with van der Waals surface area (Å²) in [7, 11) is 0. The van der Waals surface area contributed by atoms with Crippen molar-refractivity contribution < 1.29 is 0 Å². The number of hydrogen-bond donors (Lipinski definition) is 1. The first-order chi connectivity index (χ1) is 10.3. The van der Waals surface area contributed by atoms with E-state index in [1.54, 1.807) is 0 Å². The predicted octanol–water partition coefficient (Wildman–Crippen LogP) is 3.52. The van der Waals surface area contributed by atoms with Crippen LogP contribution in [0.5, 0.6) is 0 Å². The monoisotopic (exact) mass is 280 g/mol. The lowest BCUT2D eigenvalue weighted by atomic mass is 9.93. The second-order valence-corrected chi connectivity index (χ2v) is 6.11. The van der Waals surface area contributed by atoms with Gasteiger partial charge in [0.15, 0.2) is 0 Å². The van der Waals surface area contributed by atoms with Gasteiger partial charge in [0.05, 0.1) is 0 Å². The van der Waals surface area contributed by atoms with Crippen molar-refractivity contribution in [2.75, 3.05) is 6.54 Å². The minimum absolute atomic E-state index is 0.451. The van der Waals surface area contributed by atoms with Gasteiger partial charge in [-0.25, -0.2) is 0 Å². The molecule has 0 spiro atoms. The largest absolute Gasteiger partial charge is 0.329 e. The van der Waals surface area contributed by atoms with Gasteiger partial charge >= 0.3 is 0 Å². The maximum Gasteiger partial charge on any atom is 0.0244 e. The van der Waals surface area contributed by atoms with Crippen LogP contribution in [0, 0.1) is 0 Å². The molecule has 2 unspecified atom stereocenters. The molecule has 0 saturated carbocycles. The van der Waals surface area contributed by atoms with Crippen molar-refractivity contribution in [1.82, 2.24) is 4.90 Å². The maximum atomic E-state index is 6.07. The van der Waals surface area contributed by atoms with Gasteiger partial charge in [0.25, 0.3) is 0 Å². The zero-order valence-electron chi connectivity index (χ0n) is 12.7. The molecule has 0 aliphatic carbocycles. The van der Waals surface area contributed by atoms with E-state index >= 15 is 0 Å². The third-order valence-corrected chi connectivity index (χ3v) is 4.65. The predicted molar refractivity (Wildman–Crippen MR) is 88.0 cm³/mol. The third-order valence-electron chi connectivity index (χ3n) is 4.65. The molecule has 110 valence electrons. The quantitative estimate of drug-likeness (QED) is 0.908. The van der Waals surface area contributed by atoms with Crippen molar-refractivity contribution in [3.05, 3.63) is 71.3 Å². The summed E-state index contributed by atoms with van der Waals surface area (Å²) in [6.45, 7) is 5.12. The summed E-state index contributed by atoms with van der Waals surface area (Å²) >= 11 is 0. The molecule has 2 aromatic rings. The Morgan fingerprint density at radius 2 is 1.52 bits per heavy atom. The van der Waals surface area contributed by atoms with E-state index in [0.717, 1.165) is 26.1 Å². The Hall–Kier alpha value is -1.64. The molecule has 3 rings (SSSR count). The fourth-order valence-electron chi connectivity index (χ4n) is 3.34. The van der Waals surface area contributed by atoms with Gasteiger partial charge in [-0.3, -0.25) is 4.90 Å². The van der Waals surface area contributed by atoms with E-state index < -0.39 is 0 Å². The van der Waals surface area contributed by atoms with Crippen molar-refractivity contribution >= 4 is 0 Å².